The second-order valence-corrected chi connectivity index (χ2v) is 6.02. The Morgan fingerprint density at radius 2 is 2.35 bits per heavy atom. The molecule has 0 radical (unpaired) electrons. The molecule has 2 heterocycles. The highest BCUT2D eigenvalue weighted by Gasteiger charge is 2.20. The van der Waals surface area contributed by atoms with Crippen LogP contribution in [0.25, 0.3) is 0 Å². The van der Waals surface area contributed by atoms with E-state index in [4.69, 9.17) is 0 Å². The van der Waals surface area contributed by atoms with Crippen LogP contribution in [0.3, 0.4) is 0 Å². The van der Waals surface area contributed by atoms with Gasteiger partial charge in [-0.15, -0.1) is 5.10 Å². The molecule has 8 heteroatoms. The van der Waals surface area contributed by atoms with Crippen LogP contribution < -0.4 is 5.32 Å². The zero-order chi connectivity index (χ0) is 13.8. The van der Waals surface area contributed by atoms with E-state index in [1.807, 2.05) is 28.7 Å². The molecular weight excluding hydrogens is 274 g/mol. The lowest BCUT2D eigenvalue weighted by Crippen LogP contribution is -2.22. The summed E-state index contributed by atoms with van der Waals surface area (Å²) in [4.78, 5) is 0. The van der Waals surface area contributed by atoms with Crippen molar-refractivity contribution in [2.24, 2.45) is 7.05 Å². The van der Waals surface area contributed by atoms with Crippen LogP contribution >= 0.6 is 11.8 Å². The Balaban J connectivity index is 1.44. The molecule has 20 heavy (non-hydrogen) atoms. The lowest BCUT2D eigenvalue weighted by molar-refractivity contribution is 0.509. The minimum absolute atomic E-state index is 0.729. The molecule has 0 aromatic carbocycles. The number of thioether (sulfide) groups is 1. The van der Waals surface area contributed by atoms with Crippen LogP contribution in [0.1, 0.15) is 18.5 Å². The van der Waals surface area contributed by atoms with Gasteiger partial charge in [-0.05, 0) is 35.8 Å². The van der Waals surface area contributed by atoms with Gasteiger partial charge in [0.1, 0.15) is 0 Å². The van der Waals surface area contributed by atoms with Crippen molar-refractivity contribution in [1.82, 2.24) is 35.3 Å². The van der Waals surface area contributed by atoms with Crippen molar-refractivity contribution in [3.05, 3.63) is 18.0 Å². The normalized spacial score (nSPS) is 14.8. The van der Waals surface area contributed by atoms with Gasteiger partial charge < -0.3 is 5.32 Å². The molecule has 0 saturated heterocycles. The first kappa shape index (κ1) is 13.6. The monoisotopic (exact) mass is 293 g/mol. The average molecular weight is 293 g/mol. The van der Waals surface area contributed by atoms with Gasteiger partial charge in [-0.25, -0.2) is 4.68 Å². The molecule has 0 aliphatic heterocycles. The Bertz CT molecular complexity index is 546. The molecule has 0 atom stereocenters. The van der Waals surface area contributed by atoms with Gasteiger partial charge in [-0.2, -0.15) is 5.10 Å². The van der Waals surface area contributed by atoms with Crippen LogP contribution in [0.4, 0.5) is 0 Å². The van der Waals surface area contributed by atoms with Crippen molar-refractivity contribution in [3.63, 3.8) is 0 Å². The largest absolute Gasteiger partial charge is 0.312 e. The summed E-state index contributed by atoms with van der Waals surface area (Å²) >= 11 is 1.69. The van der Waals surface area contributed by atoms with Crippen molar-refractivity contribution in [2.75, 3.05) is 12.3 Å². The van der Waals surface area contributed by atoms with Crippen molar-refractivity contribution in [3.8, 4) is 0 Å². The number of hydrogen-bond acceptors (Lipinski definition) is 6. The van der Waals surface area contributed by atoms with E-state index in [1.54, 1.807) is 11.8 Å². The highest BCUT2D eigenvalue weighted by molar-refractivity contribution is 7.99. The SMILES string of the molecule is Cn1nccc1CCSc1nnnn1CCNC1CC1. The second kappa shape index (κ2) is 6.36. The van der Waals surface area contributed by atoms with E-state index in [0.717, 1.165) is 36.5 Å². The highest BCUT2D eigenvalue weighted by Crippen LogP contribution is 2.18. The minimum Gasteiger partial charge on any atom is -0.312 e. The van der Waals surface area contributed by atoms with Crippen LogP contribution in [-0.4, -0.2) is 48.3 Å². The van der Waals surface area contributed by atoms with Gasteiger partial charge in [0.25, 0.3) is 0 Å². The summed E-state index contributed by atoms with van der Waals surface area (Å²) in [6.07, 6.45) is 5.41. The number of nitrogens with zero attached hydrogens (tertiary/aromatic N) is 6. The highest BCUT2D eigenvalue weighted by atomic mass is 32.2. The van der Waals surface area contributed by atoms with Gasteiger partial charge in [-0.1, -0.05) is 11.8 Å². The van der Waals surface area contributed by atoms with Crippen LogP contribution in [-0.2, 0) is 20.0 Å². The third-order valence-corrected chi connectivity index (χ3v) is 4.30. The van der Waals surface area contributed by atoms with E-state index in [9.17, 15) is 0 Å². The minimum atomic E-state index is 0.729. The summed E-state index contributed by atoms with van der Waals surface area (Å²) in [5.74, 6) is 0.954. The van der Waals surface area contributed by atoms with Crippen LogP contribution in [0, 0.1) is 0 Å². The van der Waals surface area contributed by atoms with Gasteiger partial charge in [-0.3, -0.25) is 4.68 Å². The molecule has 1 saturated carbocycles. The van der Waals surface area contributed by atoms with Gasteiger partial charge >= 0.3 is 0 Å². The molecule has 2 aromatic rings. The van der Waals surface area contributed by atoms with Gasteiger partial charge in [0.2, 0.25) is 5.16 Å². The first-order chi connectivity index (χ1) is 9.83. The maximum absolute atomic E-state index is 4.17. The van der Waals surface area contributed by atoms with Crippen LogP contribution in [0.5, 0.6) is 0 Å². The summed E-state index contributed by atoms with van der Waals surface area (Å²) < 4.78 is 3.78. The van der Waals surface area contributed by atoms with Crippen molar-refractivity contribution in [2.45, 2.75) is 37.0 Å². The third kappa shape index (κ3) is 3.57. The molecule has 1 N–H and O–H groups in total. The fourth-order valence-corrected chi connectivity index (χ4v) is 2.86. The summed E-state index contributed by atoms with van der Waals surface area (Å²) in [5, 5.41) is 20.4. The molecule has 0 bridgehead atoms. The third-order valence-electron chi connectivity index (χ3n) is 3.34. The summed E-state index contributed by atoms with van der Waals surface area (Å²) in [6.45, 7) is 1.77. The molecule has 108 valence electrons. The standard InChI is InChI=1S/C12H19N7S/c1-18-11(4-6-14-18)5-9-20-12-15-16-17-19(12)8-7-13-10-2-3-10/h4,6,10,13H,2-3,5,7-9H2,1H3. The van der Waals surface area contributed by atoms with Crippen molar-refractivity contribution in [1.29, 1.82) is 0 Å². The zero-order valence-corrected chi connectivity index (χ0v) is 12.4. The number of aromatic nitrogens is 6. The molecule has 0 unspecified atom stereocenters. The van der Waals surface area contributed by atoms with Gasteiger partial charge in [0.15, 0.2) is 0 Å². The predicted octanol–water partition coefficient (Wildman–Crippen LogP) is 0.493. The molecule has 0 spiro atoms. The lowest BCUT2D eigenvalue weighted by atomic mass is 10.3. The Morgan fingerprint density at radius 1 is 1.45 bits per heavy atom. The average Bonchev–Trinajstić information content (AvgIpc) is 3.01. The molecule has 0 amide bonds. The maximum Gasteiger partial charge on any atom is 0.209 e. The van der Waals surface area contributed by atoms with Gasteiger partial charge in [0, 0.05) is 37.3 Å². The zero-order valence-electron chi connectivity index (χ0n) is 11.6. The van der Waals surface area contributed by atoms with E-state index in [-0.39, 0.29) is 0 Å². The molecular formula is C12H19N7S. The topological polar surface area (TPSA) is 73.5 Å². The number of nitrogens with one attached hydrogen (secondary N) is 1. The van der Waals surface area contributed by atoms with Gasteiger partial charge in [0.05, 0.1) is 6.54 Å². The molecule has 1 aliphatic rings. The first-order valence-corrected chi connectivity index (χ1v) is 7.91. The quantitative estimate of drug-likeness (QED) is 0.714. The van der Waals surface area contributed by atoms with E-state index in [1.165, 1.54) is 18.5 Å². The Kier molecular flexibility index (Phi) is 4.31. The molecule has 7 nitrogen and oxygen atoms in total. The lowest BCUT2D eigenvalue weighted by Gasteiger charge is -2.05. The van der Waals surface area contributed by atoms with E-state index < -0.39 is 0 Å². The maximum atomic E-state index is 4.17. The van der Waals surface area contributed by atoms with Crippen molar-refractivity contribution >= 4 is 11.8 Å². The molecule has 1 aliphatic carbocycles. The van der Waals surface area contributed by atoms with Crippen LogP contribution in [0.15, 0.2) is 17.4 Å². The molecule has 2 aromatic heterocycles. The fraction of sp³-hybridized carbons (Fsp3) is 0.667. The smallest absolute Gasteiger partial charge is 0.209 e. The summed E-state index contributed by atoms with van der Waals surface area (Å²) in [5.41, 5.74) is 1.23. The molecule has 1 fully saturated rings. The summed E-state index contributed by atoms with van der Waals surface area (Å²) in [7, 11) is 1.97. The predicted molar refractivity (Wildman–Crippen MR) is 76.5 cm³/mol. The number of rotatable bonds is 8. The Morgan fingerprint density at radius 3 is 3.10 bits per heavy atom. The van der Waals surface area contributed by atoms with E-state index in [2.05, 4.69) is 25.9 Å². The Labute approximate surface area is 122 Å². The second-order valence-electron chi connectivity index (χ2n) is 4.96. The number of tetrazole rings is 1. The first-order valence-electron chi connectivity index (χ1n) is 6.92. The fourth-order valence-electron chi connectivity index (χ4n) is 2.00. The van der Waals surface area contributed by atoms with E-state index in [0.29, 0.717) is 0 Å². The van der Waals surface area contributed by atoms with Crippen LogP contribution in [0.2, 0.25) is 0 Å². The molecule has 3 rings (SSSR count). The van der Waals surface area contributed by atoms with E-state index >= 15 is 0 Å². The number of hydrogen-bond donors (Lipinski definition) is 1. The number of aryl methyl sites for hydroxylation is 2. The Hall–Kier alpha value is -1.41. The summed E-state index contributed by atoms with van der Waals surface area (Å²) in [6, 6.07) is 2.77. The van der Waals surface area contributed by atoms with Crippen molar-refractivity contribution < 1.29 is 0 Å².